The standard InChI is InChI=1S/C15H23N3O2/c1-11-4-5-12(8-14(11)18(2)3)17-15(19)9-13-10-16-6-7-20-13/h4-5,8,13,16H,6-7,9-10H2,1-3H3,(H,17,19). The number of carbonyl (C=O) groups excluding carboxylic acids is 1. The van der Waals surface area contributed by atoms with E-state index in [0.717, 1.165) is 24.5 Å². The third-order valence-electron chi connectivity index (χ3n) is 3.39. The van der Waals surface area contributed by atoms with Crippen molar-refractivity contribution in [2.45, 2.75) is 19.4 Å². The van der Waals surface area contributed by atoms with Crippen LogP contribution >= 0.6 is 0 Å². The number of nitrogens with one attached hydrogen (secondary N) is 2. The quantitative estimate of drug-likeness (QED) is 0.873. The zero-order valence-corrected chi connectivity index (χ0v) is 12.4. The summed E-state index contributed by atoms with van der Waals surface area (Å²) in [5.41, 5.74) is 3.12. The highest BCUT2D eigenvalue weighted by molar-refractivity contribution is 5.91. The summed E-state index contributed by atoms with van der Waals surface area (Å²) < 4.78 is 5.54. The lowest BCUT2D eigenvalue weighted by Gasteiger charge is -2.23. The van der Waals surface area contributed by atoms with E-state index >= 15 is 0 Å². The topological polar surface area (TPSA) is 53.6 Å². The molecule has 20 heavy (non-hydrogen) atoms. The molecule has 1 aliphatic rings. The Labute approximate surface area is 120 Å². The Morgan fingerprint density at radius 1 is 1.50 bits per heavy atom. The largest absolute Gasteiger partial charge is 0.377 e. The van der Waals surface area contributed by atoms with Crippen molar-refractivity contribution in [3.63, 3.8) is 0 Å². The first-order chi connectivity index (χ1) is 9.56. The fraction of sp³-hybridized carbons (Fsp3) is 0.533. The van der Waals surface area contributed by atoms with Gasteiger partial charge >= 0.3 is 0 Å². The molecule has 1 unspecified atom stereocenters. The van der Waals surface area contributed by atoms with E-state index in [2.05, 4.69) is 17.6 Å². The van der Waals surface area contributed by atoms with E-state index in [1.54, 1.807) is 0 Å². The second-order valence-electron chi connectivity index (χ2n) is 5.34. The number of carbonyl (C=O) groups is 1. The van der Waals surface area contributed by atoms with Crippen LogP contribution in [0.3, 0.4) is 0 Å². The van der Waals surface area contributed by atoms with Gasteiger partial charge in [-0.25, -0.2) is 0 Å². The van der Waals surface area contributed by atoms with Gasteiger partial charge in [-0.3, -0.25) is 4.79 Å². The molecule has 0 aromatic heterocycles. The lowest BCUT2D eigenvalue weighted by Crippen LogP contribution is -2.40. The van der Waals surface area contributed by atoms with E-state index in [1.807, 2.05) is 37.2 Å². The van der Waals surface area contributed by atoms with Crippen LogP contribution in [-0.4, -0.2) is 45.8 Å². The molecule has 1 aliphatic heterocycles. The average molecular weight is 277 g/mol. The summed E-state index contributed by atoms with van der Waals surface area (Å²) in [4.78, 5) is 14.1. The van der Waals surface area contributed by atoms with E-state index < -0.39 is 0 Å². The summed E-state index contributed by atoms with van der Waals surface area (Å²) in [5, 5.41) is 6.16. The van der Waals surface area contributed by atoms with Crippen molar-refractivity contribution in [2.75, 3.05) is 44.0 Å². The van der Waals surface area contributed by atoms with E-state index in [9.17, 15) is 4.79 Å². The minimum Gasteiger partial charge on any atom is -0.377 e. The maximum atomic E-state index is 12.0. The molecule has 1 atom stereocenters. The summed E-state index contributed by atoms with van der Waals surface area (Å²) in [6.45, 7) is 4.34. The number of nitrogens with zero attached hydrogens (tertiary/aromatic N) is 1. The van der Waals surface area contributed by atoms with Crippen LogP contribution in [0.2, 0.25) is 0 Å². The van der Waals surface area contributed by atoms with Gasteiger partial charge in [0.1, 0.15) is 0 Å². The Bertz CT molecular complexity index is 468. The average Bonchev–Trinajstić information content (AvgIpc) is 2.41. The second kappa shape index (κ2) is 6.72. The molecule has 1 fully saturated rings. The molecule has 1 amide bonds. The van der Waals surface area contributed by atoms with E-state index in [0.29, 0.717) is 13.0 Å². The van der Waals surface area contributed by atoms with Crippen LogP contribution in [0.5, 0.6) is 0 Å². The Morgan fingerprint density at radius 3 is 2.95 bits per heavy atom. The fourth-order valence-electron chi connectivity index (χ4n) is 2.34. The van der Waals surface area contributed by atoms with Crippen molar-refractivity contribution in [3.8, 4) is 0 Å². The van der Waals surface area contributed by atoms with Gasteiger partial charge in [-0.2, -0.15) is 0 Å². The molecule has 0 aliphatic carbocycles. The molecule has 5 heteroatoms. The number of benzene rings is 1. The first-order valence-corrected chi connectivity index (χ1v) is 6.96. The molecule has 2 N–H and O–H groups in total. The highest BCUT2D eigenvalue weighted by Crippen LogP contribution is 2.22. The number of ether oxygens (including phenoxy) is 1. The molecule has 1 aromatic rings. The maximum absolute atomic E-state index is 12.0. The van der Waals surface area contributed by atoms with Crippen molar-refractivity contribution in [1.29, 1.82) is 0 Å². The Balaban J connectivity index is 1.95. The van der Waals surface area contributed by atoms with Gasteiger partial charge in [0.25, 0.3) is 0 Å². The smallest absolute Gasteiger partial charge is 0.227 e. The Morgan fingerprint density at radius 2 is 2.30 bits per heavy atom. The van der Waals surface area contributed by atoms with Gasteiger partial charge in [0, 0.05) is 38.6 Å². The first kappa shape index (κ1) is 14.8. The van der Waals surface area contributed by atoms with Crippen LogP contribution in [0.1, 0.15) is 12.0 Å². The lowest BCUT2D eigenvalue weighted by atomic mass is 10.1. The van der Waals surface area contributed by atoms with Crippen molar-refractivity contribution in [3.05, 3.63) is 23.8 Å². The monoisotopic (exact) mass is 277 g/mol. The summed E-state index contributed by atoms with van der Waals surface area (Å²) in [5.74, 6) is -0.00717. The normalized spacial score (nSPS) is 18.6. The summed E-state index contributed by atoms with van der Waals surface area (Å²) in [6, 6.07) is 5.94. The zero-order chi connectivity index (χ0) is 14.5. The Kier molecular flexibility index (Phi) is 4.98. The molecule has 5 nitrogen and oxygen atoms in total. The molecule has 0 spiro atoms. The van der Waals surface area contributed by atoms with Crippen LogP contribution in [-0.2, 0) is 9.53 Å². The van der Waals surface area contributed by atoms with Gasteiger partial charge in [-0.1, -0.05) is 6.07 Å². The van der Waals surface area contributed by atoms with Crippen molar-refractivity contribution in [2.24, 2.45) is 0 Å². The fourth-order valence-corrected chi connectivity index (χ4v) is 2.34. The maximum Gasteiger partial charge on any atom is 0.227 e. The van der Waals surface area contributed by atoms with Crippen molar-refractivity contribution in [1.82, 2.24) is 5.32 Å². The SMILES string of the molecule is Cc1ccc(NC(=O)CC2CNCCO2)cc1N(C)C. The molecule has 1 heterocycles. The summed E-state index contributed by atoms with van der Waals surface area (Å²) in [7, 11) is 3.99. The number of morpholine rings is 1. The lowest BCUT2D eigenvalue weighted by molar-refractivity contribution is -0.119. The molecular weight excluding hydrogens is 254 g/mol. The van der Waals surface area contributed by atoms with Gasteiger partial charge in [-0.05, 0) is 24.6 Å². The van der Waals surface area contributed by atoms with E-state index in [-0.39, 0.29) is 12.0 Å². The molecule has 110 valence electrons. The number of aryl methyl sites for hydroxylation is 1. The second-order valence-corrected chi connectivity index (χ2v) is 5.34. The number of amides is 1. The molecule has 1 aromatic carbocycles. The third kappa shape index (κ3) is 3.95. The predicted molar refractivity (Wildman–Crippen MR) is 81.4 cm³/mol. The highest BCUT2D eigenvalue weighted by atomic mass is 16.5. The zero-order valence-electron chi connectivity index (χ0n) is 12.4. The molecule has 2 rings (SSSR count). The first-order valence-electron chi connectivity index (χ1n) is 6.96. The van der Waals surface area contributed by atoms with Crippen molar-refractivity contribution < 1.29 is 9.53 Å². The van der Waals surface area contributed by atoms with Gasteiger partial charge in [0.15, 0.2) is 0 Å². The third-order valence-corrected chi connectivity index (χ3v) is 3.39. The predicted octanol–water partition coefficient (Wildman–Crippen LogP) is 1.38. The van der Waals surface area contributed by atoms with Crippen LogP contribution in [0.15, 0.2) is 18.2 Å². The van der Waals surface area contributed by atoms with E-state index in [1.165, 1.54) is 5.56 Å². The molecule has 0 radical (unpaired) electrons. The highest BCUT2D eigenvalue weighted by Gasteiger charge is 2.17. The van der Waals surface area contributed by atoms with Crippen molar-refractivity contribution >= 4 is 17.3 Å². The molecule has 0 bridgehead atoms. The summed E-state index contributed by atoms with van der Waals surface area (Å²) >= 11 is 0. The van der Waals surface area contributed by atoms with Crippen LogP contribution < -0.4 is 15.5 Å². The number of hydrogen-bond donors (Lipinski definition) is 2. The number of anilines is 2. The molecular formula is C15H23N3O2. The molecule has 1 saturated heterocycles. The van der Waals surface area contributed by atoms with Crippen LogP contribution in [0.4, 0.5) is 11.4 Å². The number of rotatable bonds is 4. The van der Waals surface area contributed by atoms with Gasteiger partial charge in [0.2, 0.25) is 5.91 Å². The Hall–Kier alpha value is -1.59. The van der Waals surface area contributed by atoms with E-state index in [4.69, 9.17) is 4.74 Å². The van der Waals surface area contributed by atoms with Gasteiger partial charge < -0.3 is 20.3 Å². The van der Waals surface area contributed by atoms with Gasteiger partial charge in [0.05, 0.1) is 19.1 Å². The molecule has 0 saturated carbocycles. The number of hydrogen-bond acceptors (Lipinski definition) is 4. The van der Waals surface area contributed by atoms with Crippen LogP contribution in [0.25, 0.3) is 0 Å². The summed E-state index contributed by atoms with van der Waals surface area (Å²) in [6.07, 6.45) is 0.362. The van der Waals surface area contributed by atoms with Gasteiger partial charge in [-0.15, -0.1) is 0 Å². The minimum absolute atomic E-state index is 0.00717. The minimum atomic E-state index is -0.0254. The van der Waals surface area contributed by atoms with Crippen LogP contribution in [0, 0.1) is 6.92 Å².